The van der Waals surface area contributed by atoms with Crippen LogP contribution in [0.3, 0.4) is 0 Å². The Hall–Kier alpha value is -3.02. The van der Waals surface area contributed by atoms with Gasteiger partial charge in [0.1, 0.15) is 12.4 Å². The summed E-state index contributed by atoms with van der Waals surface area (Å²) in [5.41, 5.74) is 2.18. The molecule has 1 amide bonds. The molecule has 0 saturated carbocycles. The van der Waals surface area contributed by atoms with E-state index in [0.717, 1.165) is 5.56 Å². The number of nitrogens with one attached hydrogen (secondary N) is 1. The van der Waals surface area contributed by atoms with Crippen molar-refractivity contribution in [3.8, 4) is 5.75 Å². The lowest BCUT2D eigenvalue weighted by Gasteiger charge is -2.16. The molecule has 0 saturated heterocycles. The third-order valence-electron chi connectivity index (χ3n) is 3.53. The lowest BCUT2D eigenvalue weighted by molar-refractivity contribution is 0.0601. The third-order valence-corrected chi connectivity index (χ3v) is 3.53. The van der Waals surface area contributed by atoms with Gasteiger partial charge in [0, 0.05) is 6.07 Å². The number of amides is 1. The van der Waals surface area contributed by atoms with Gasteiger partial charge in [-0.15, -0.1) is 0 Å². The summed E-state index contributed by atoms with van der Waals surface area (Å²) in [4.78, 5) is 24.1. The van der Waals surface area contributed by atoms with Crippen molar-refractivity contribution in [1.29, 1.82) is 0 Å². The Morgan fingerprint density at radius 2 is 1.81 bits per heavy atom. The third kappa shape index (κ3) is 5.24. The van der Waals surface area contributed by atoms with E-state index in [1.807, 2.05) is 30.3 Å². The summed E-state index contributed by atoms with van der Waals surface area (Å²) >= 11 is 0. The molecule has 0 fully saturated rings. The molecule has 1 N–H and O–H groups in total. The molecule has 0 heterocycles. The molecule has 2 aromatic rings. The molecule has 2 aromatic carbocycles. The smallest absolute Gasteiger partial charge is 0.411 e. The summed E-state index contributed by atoms with van der Waals surface area (Å²) in [6.07, 6.45) is -0.931. The highest BCUT2D eigenvalue weighted by molar-refractivity contribution is 6.01. The number of esters is 1. The molecule has 0 aliphatic heterocycles. The highest BCUT2D eigenvalue weighted by Gasteiger charge is 2.19. The van der Waals surface area contributed by atoms with Crippen molar-refractivity contribution in [3.05, 3.63) is 59.2 Å². The molecule has 6 heteroatoms. The van der Waals surface area contributed by atoms with Crippen molar-refractivity contribution >= 4 is 17.7 Å². The molecule has 138 valence electrons. The molecular formula is C20H23NO5. The molecule has 26 heavy (non-hydrogen) atoms. The Morgan fingerprint density at radius 3 is 2.42 bits per heavy atom. The van der Waals surface area contributed by atoms with Crippen LogP contribution in [0.25, 0.3) is 0 Å². The van der Waals surface area contributed by atoms with E-state index in [4.69, 9.17) is 14.2 Å². The zero-order valence-corrected chi connectivity index (χ0v) is 15.4. The number of anilines is 1. The van der Waals surface area contributed by atoms with E-state index in [2.05, 4.69) is 5.32 Å². The lowest BCUT2D eigenvalue weighted by atomic mass is 10.1. The molecule has 0 spiro atoms. The van der Waals surface area contributed by atoms with Crippen LogP contribution in [0.4, 0.5) is 10.5 Å². The first-order valence-corrected chi connectivity index (χ1v) is 8.28. The summed E-state index contributed by atoms with van der Waals surface area (Å²) in [6, 6.07) is 13.0. The molecule has 6 nitrogen and oxygen atoms in total. The Labute approximate surface area is 153 Å². The molecule has 0 aliphatic rings. The summed E-state index contributed by atoms with van der Waals surface area (Å²) in [5.74, 6) is -0.0178. The highest BCUT2D eigenvalue weighted by Crippen LogP contribution is 2.28. The summed E-state index contributed by atoms with van der Waals surface area (Å²) in [7, 11) is 1.29. The Morgan fingerprint density at radius 1 is 1.12 bits per heavy atom. The van der Waals surface area contributed by atoms with Gasteiger partial charge in [-0.3, -0.25) is 5.32 Å². The van der Waals surface area contributed by atoms with E-state index >= 15 is 0 Å². The number of ether oxygens (including phenoxy) is 3. The first kappa shape index (κ1) is 19.3. The van der Waals surface area contributed by atoms with Crippen LogP contribution in [0.15, 0.2) is 42.5 Å². The van der Waals surface area contributed by atoms with Gasteiger partial charge < -0.3 is 14.2 Å². The average Bonchev–Trinajstić information content (AvgIpc) is 2.59. The highest BCUT2D eigenvalue weighted by atomic mass is 16.6. The van der Waals surface area contributed by atoms with Gasteiger partial charge >= 0.3 is 12.1 Å². The van der Waals surface area contributed by atoms with Crippen LogP contribution in [-0.2, 0) is 16.1 Å². The van der Waals surface area contributed by atoms with E-state index in [1.165, 1.54) is 7.11 Å². The standard InChI is InChI=1S/C20H23NO5/c1-13(2)26-20(23)21-17-11-16(10-14(3)18(17)19(22)24-4)25-12-15-8-6-5-7-9-15/h5-11,13H,12H2,1-4H3,(H,21,23). The van der Waals surface area contributed by atoms with Crippen LogP contribution in [-0.4, -0.2) is 25.3 Å². The summed E-state index contributed by atoms with van der Waals surface area (Å²) < 4.78 is 15.7. The number of carbonyl (C=O) groups is 2. The SMILES string of the molecule is COC(=O)c1c(C)cc(OCc2ccccc2)cc1NC(=O)OC(C)C. The summed E-state index contributed by atoms with van der Waals surface area (Å²) in [6.45, 7) is 5.60. The topological polar surface area (TPSA) is 73.9 Å². The molecule has 2 rings (SSSR count). The van der Waals surface area contributed by atoms with Gasteiger partial charge in [0.2, 0.25) is 0 Å². The largest absolute Gasteiger partial charge is 0.489 e. The van der Waals surface area contributed by atoms with Gasteiger partial charge in [-0.05, 0) is 38.0 Å². The van der Waals surface area contributed by atoms with Crippen LogP contribution in [0.2, 0.25) is 0 Å². The predicted octanol–water partition coefficient (Wildman–Crippen LogP) is 4.32. The van der Waals surface area contributed by atoms with Crippen LogP contribution >= 0.6 is 0 Å². The van der Waals surface area contributed by atoms with E-state index in [0.29, 0.717) is 17.9 Å². The van der Waals surface area contributed by atoms with Gasteiger partial charge in [-0.2, -0.15) is 0 Å². The Kier molecular flexibility index (Phi) is 6.60. The number of benzene rings is 2. The second kappa shape index (κ2) is 8.89. The number of aryl methyl sites for hydroxylation is 1. The van der Waals surface area contributed by atoms with Crippen molar-refractivity contribution in [2.45, 2.75) is 33.5 Å². The van der Waals surface area contributed by atoms with Crippen molar-refractivity contribution in [3.63, 3.8) is 0 Å². The zero-order valence-electron chi connectivity index (χ0n) is 15.4. The van der Waals surface area contributed by atoms with Gasteiger partial charge in [0.05, 0.1) is 24.5 Å². The van der Waals surface area contributed by atoms with E-state index in [-0.39, 0.29) is 17.4 Å². The zero-order chi connectivity index (χ0) is 19.1. The predicted molar refractivity (Wildman–Crippen MR) is 98.5 cm³/mol. The van der Waals surface area contributed by atoms with Gasteiger partial charge in [-0.1, -0.05) is 30.3 Å². The monoisotopic (exact) mass is 357 g/mol. The number of hydrogen-bond acceptors (Lipinski definition) is 5. The molecule has 0 bridgehead atoms. The Balaban J connectivity index is 2.27. The first-order chi connectivity index (χ1) is 12.4. The second-order valence-corrected chi connectivity index (χ2v) is 6.01. The van der Waals surface area contributed by atoms with Gasteiger partial charge in [-0.25, -0.2) is 9.59 Å². The van der Waals surface area contributed by atoms with E-state index in [1.54, 1.807) is 32.9 Å². The molecule has 0 aromatic heterocycles. The molecular weight excluding hydrogens is 334 g/mol. The maximum Gasteiger partial charge on any atom is 0.411 e. The minimum absolute atomic E-state index is 0.264. The van der Waals surface area contributed by atoms with Crippen molar-refractivity contribution < 1.29 is 23.8 Å². The number of methoxy groups -OCH3 is 1. The van der Waals surface area contributed by atoms with Gasteiger partial charge in [0.15, 0.2) is 0 Å². The minimum atomic E-state index is -0.648. The Bertz CT molecular complexity index is 771. The number of hydrogen-bond donors (Lipinski definition) is 1. The average molecular weight is 357 g/mol. The van der Waals surface area contributed by atoms with Crippen molar-refractivity contribution in [1.82, 2.24) is 0 Å². The van der Waals surface area contributed by atoms with Crippen LogP contribution in [0.1, 0.15) is 35.3 Å². The lowest BCUT2D eigenvalue weighted by Crippen LogP contribution is -2.20. The molecule has 0 aliphatic carbocycles. The maximum absolute atomic E-state index is 12.1. The van der Waals surface area contributed by atoms with Crippen molar-refractivity contribution in [2.75, 3.05) is 12.4 Å². The van der Waals surface area contributed by atoms with Crippen molar-refractivity contribution in [2.24, 2.45) is 0 Å². The van der Waals surface area contributed by atoms with E-state index < -0.39 is 12.1 Å². The normalized spacial score (nSPS) is 10.3. The summed E-state index contributed by atoms with van der Waals surface area (Å²) in [5, 5.41) is 2.59. The van der Waals surface area contributed by atoms with Crippen LogP contribution in [0, 0.1) is 6.92 Å². The van der Waals surface area contributed by atoms with Crippen LogP contribution < -0.4 is 10.1 Å². The molecule has 0 atom stereocenters. The fraction of sp³-hybridized carbons (Fsp3) is 0.300. The fourth-order valence-corrected chi connectivity index (χ4v) is 2.40. The quantitative estimate of drug-likeness (QED) is 0.780. The minimum Gasteiger partial charge on any atom is -0.489 e. The second-order valence-electron chi connectivity index (χ2n) is 6.01. The fourth-order valence-electron chi connectivity index (χ4n) is 2.40. The maximum atomic E-state index is 12.1. The molecule has 0 unspecified atom stereocenters. The van der Waals surface area contributed by atoms with Gasteiger partial charge in [0.25, 0.3) is 0 Å². The number of carbonyl (C=O) groups excluding carboxylic acids is 2. The molecule has 0 radical (unpaired) electrons. The number of rotatable bonds is 6. The first-order valence-electron chi connectivity index (χ1n) is 8.28. The van der Waals surface area contributed by atoms with E-state index in [9.17, 15) is 9.59 Å². The van der Waals surface area contributed by atoms with Crippen LogP contribution in [0.5, 0.6) is 5.75 Å².